The van der Waals surface area contributed by atoms with Crippen LogP contribution in [-0.4, -0.2) is 19.0 Å². The van der Waals surface area contributed by atoms with E-state index >= 15 is 0 Å². The molecule has 0 amide bonds. The van der Waals surface area contributed by atoms with Crippen molar-refractivity contribution in [1.29, 1.82) is 0 Å². The molecule has 1 aliphatic heterocycles. The molecule has 0 radical (unpaired) electrons. The van der Waals surface area contributed by atoms with Crippen LogP contribution in [0, 0.1) is 58.2 Å². The summed E-state index contributed by atoms with van der Waals surface area (Å²) in [7, 11) is 0. The Morgan fingerprint density at radius 2 is 1.75 bits per heavy atom. The molecular weight excluding hydrogens is 344 g/mol. The molecule has 0 aromatic heterocycles. The van der Waals surface area contributed by atoms with Crippen LogP contribution in [0.5, 0.6) is 0 Å². The number of ether oxygens (including phenoxy) is 2. The maximum atomic E-state index is 6.34. The summed E-state index contributed by atoms with van der Waals surface area (Å²) in [6.45, 7) is 19.7. The first kappa shape index (κ1) is 21.9. The lowest BCUT2D eigenvalue weighted by atomic mass is 9.73. The van der Waals surface area contributed by atoms with Gasteiger partial charge in [0, 0.05) is 23.7 Å². The Kier molecular flexibility index (Phi) is 6.11. The van der Waals surface area contributed by atoms with Gasteiger partial charge in [-0.2, -0.15) is 0 Å². The molecule has 0 aromatic carbocycles. The standard InChI is InChI=1S/C26H42O2/c1-9-12-25(7,8)20(4)18(2)10-11-22-19(3)13-21-14-26(15-23(21)22)27-16-24(5,6)17-28-26/h10-11,18-23H,13-17H2,1-8H3/b11-10+/t18-,19-,20?,21-,22+,23+/m1/s1. The normalized spacial score (nSPS) is 36.1. The topological polar surface area (TPSA) is 18.5 Å². The third-order valence-electron chi connectivity index (χ3n) is 8.01. The molecular formula is C26H42O2. The maximum absolute atomic E-state index is 6.34. The summed E-state index contributed by atoms with van der Waals surface area (Å²) in [5, 5.41) is 0. The Labute approximate surface area is 173 Å². The van der Waals surface area contributed by atoms with Crippen LogP contribution in [-0.2, 0) is 9.47 Å². The van der Waals surface area contributed by atoms with E-state index in [0.29, 0.717) is 23.7 Å². The SMILES string of the molecule is CC#CC(C)(C)C(C)[C@H](C)/C=C/[C@@H]1[C@H]2CC3(C[C@H]2C[C@H]1C)OCC(C)(C)CO3. The Bertz CT molecular complexity index is 637. The van der Waals surface area contributed by atoms with E-state index < -0.39 is 0 Å². The average molecular weight is 387 g/mol. The highest BCUT2D eigenvalue weighted by molar-refractivity contribution is 5.12. The van der Waals surface area contributed by atoms with Gasteiger partial charge in [0.25, 0.3) is 0 Å². The largest absolute Gasteiger partial charge is 0.349 e. The molecule has 3 fully saturated rings. The minimum atomic E-state index is -0.297. The number of rotatable bonds is 4. The Hall–Kier alpha value is -0.780. The quantitative estimate of drug-likeness (QED) is 0.416. The third-order valence-corrected chi connectivity index (χ3v) is 8.01. The highest BCUT2D eigenvalue weighted by Crippen LogP contribution is 2.57. The predicted octanol–water partition coefficient (Wildman–Crippen LogP) is 6.32. The van der Waals surface area contributed by atoms with Gasteiger partial charge in [-0.3, -0.25) is 0 Å². The van der Waals surface area contributed by atoms with E-state index in [2.05, 4.69) is 72.5 Å². The highest BCUT2D eigenvalue weighted by atomic mass is 16.7. The van der Waals surface area contributed by atoms with Gasteiger partial charge in [-0.05, 0) is 62.7 Å². The van der Waals surface area contributed by atoms with Crippen LogP contribution < -0.4 is 0 Å². The lowest BCUT2D eigenvalue weighted by molar-refractivity contribution is -0.298. The summed E-state index contributed by atoms with van der Waals surface area (Å²) in [6.07, 6.45) is 8.49. The van der Waals surface area contributed by atoms with Crippen LogP contribution in [0.1, 0.15) is 74.7 Å². The summed E-state index contributed by atoms with van der Waals surface area (Å²) in [6, 6.07) is 0. The Morgan fingerprint density at radius 3 is 2.36 bits per heavy atom. The summed E-state index contributed by atoms with van der Waals surface area (Å²) >= 11 is 0. The molecule has 3 aliphatic rings. The van der Waals surface area contributed by atoms with E-state index in [1.165, 1.54) is 6.42 Å². The van der Waals surface area contributed by atoms with E-state index in [0.717, 1.165) is 37.9 Å². The van der Waals surface area contributed by atoms with Gasteiger partial charge in [-0.15, -0.1) is 5.92 Å². The van der Waals surface area contributed by atoms with Crippen molar-refractivity contribution in [2.24, 2.45) is 46.3 Å². The van der Waals surface area contributed by atoms with E-state index in [1.54, 1.807) is 0 Å². The lowest BCUT2D eigenvalue weighted by Crippen LogP contribution is -2.46. The molecule has 158 valence electrons. The van der Waals surface area contributed by atoms with Gasteiger partial charge in [0.05, 0.1) is 13.2 Å². The zero-order valence-corrected chi connectivity index (χ0v) is 19.5. The molecule has 1 saturated heterocycles. The Balaban J connectivity index is 1.66. The summed E-state index contributed by atoms with van der Waals surface area (Å²) in [5.41, 5.74) is 0.200. The fraction of sp³-hybridized carbons (Fsp3) is 0.846. The zero-order chi connectivity index (χ0) is 20.7. The molecule has 0 aromatic rings. The molecule has 1 unspecified atom stereocenters. The van der Waals surface area contributed by atoms with Crippen LogP contribution in [0.4, 0.5) is 0 Å². The van der Waals surface area contributed by atoms with E-state index in [1.807, 2.05) is 6.92 Å². The number of hydrogen-bond acceptors (Lipinski definition) is 2. The maximum Gasteiger partial charge on any atom is 0.168 e. The van der Waals surface area contributed by atoms with Gasteiger partial charge in [-0.1, -0.05) is 52.7 Å². The minimum Gasteiger partial charge on any atom is -0.349 e. The van der Waals surface area contributed by atoms with Gasteiger partial charge in [0.1, 0.15) is 0 Å². The van der Waals surface area contributed by atoms with Crippen molar-refractivity contribution in [3.8, 4) is 11.8 Å². The fourth-order valence-electron chi connectivity index (χ4n) is 5.79. The van der Waals surface area contributed by atoms with Crippen LogP contribution in [0.2, 0.25) is 0 Å². The molecule has 1 spiro atoms. The number of allylic oxidation sites excluding steroid dienone is 2. The first-order valence-electron chi connectivity index (χ1n) is 11.4. The molecule has 3 rings (SSSR count). The van der Waals surface area contributed by atoms with Gasteiger partial charge in [0.2, 0.25) is 0 Å². The van der Waals surface area contributed by atoms with Crippen LogP contribution >= 0.6 is 0 Å². The highest BCUT2D eigenvalue weighted by Gasteiger charge is 2.55. The summed E-state index contributed by atoms with van der Waals surface area (Å²) in [5.74, 6) is 10.2. The second-order valence-corrected chi connectivity index (χ2v) is 11.4. The molecule has 2 heteroatoms. The second kappa shape index (κ2) is 7.81. The van der Waals surface area contributed by atoms with Crippen LogP contribution in [0.25, 0.3) is 0 Å². The lowest BCUT2D eigenvalue weighted by Gasteiger charge is -2.42. The van der Waals surface area contributed by atoms with E-state index in [9.17, 15) is 0 Å². The van der Waals surface area contributed by atoms with Crippen molar-refractivity contribution < 1.29 is 9.47 Å². The van der Waals surface area contributed by atoms with Gasteiger partial charge >= 0.3 is 0 Å². The summed E-state index contributed by atoms with van der Waals surface area (Å²) < 4.78 is 12.7. The molecule has 0 bridgehead atoms. The van der Waals surface area contributed by atoms with Crippen molar-refractivity contribution >= 4 is 0 Å². The van der Waals surface area contributed by atoms with Crippen molar-refractivity contribution in [2.45, 2.75) is 80.4 Å². The van der Waals surface area contributed by atoms with E-state index in [4.69, 9.17) is 9.47 Å². The van der Waals surface area contributed by atoms with E-state index in [-0.39, 0.29) is 16.6 Å². The number of hydrogen-bond donors (Lipinski definition) is 0. The second-order valence-electron chi connectivity index (χ2n) is 11.4. The third kappa shape index (κ3) is 4.36. The monoisotopic (exact) mass is 386 g/mol. The molecule has 2 saturated carbocycles. The minimum absolute atomic E-state index is 0.0519. The van der Waals surface area contributed by atoms with Crippen molar-refractivity contribution in [2.75, 3.05) is 13.2 Å². The van der Waals surface area contributed by atoms with Gasteiger partial charge in [0.15, 0.2) is 5.79 Å². The van der Waals surface area contributed by atoms with Crippen molar-refractivity contribution in [3.63, 3.8) is 0 Å². The van der Waals surface area contributed by atoms with Crippen LogP contribution in [0.3, 0.4) is 0 Å². The first-order valence-corrected chi connectivity index (χ1v) is 11.4. The Morgan fingerprint density at radius 1 is 1.11 bits per heavy atom. The number of fused-ring (bicyclic) bond motifs is 1. The van der Waals surface area contributed by atoms with Gasteiger partial charge in [-0.25, -0.2) is 0 Å². The van der Waals surface area contributed by atoms with Gasteiger partial charge < -0.3 is 9.47 Å². The fourth-order valence-corrected chi connectivity index (χ4v) is 5.79. The predicted molar refractivity (Wildman–Crippen MR) is 117 cm³/mol. The van der Waals surface area contributed by atoms with Crippen molar-refractivity contribution in [1.82, 2.24) is 0 Å². The molecule has 6 atom stereocenters. The van der Waals surface area contributed by atoms with Crippen LogP contribution in [0.15, 0.2) is 12.2 Å². The molecule has 28 heavy (non-hydrogen) atoms. The molecule has 2 nitrogen and oxygen atoms in total. The van der Waals surface area contributed by atoms with Crippen molar-refractivity contribution in [3.05, 3.63) is 12.2 Å². The first-order chi connectivity index (χ1) is 13.0. The molecule has 1 heterocycles. The average Bonchev–Trinajstić information content (AvgIpc) is 3.08. The molecule has 2 aliphatic carbocycles. The smallest absolute Gasteiger partial charge is 0.168 e. The molecule has 0 N–H and O–H groups in total. The summed E-state index contributed by atoms with van der Waals surface area (Å²) in [4.78, 5) is 0. The zero-order valence-electron chi connectivity index (χ0n) is 19.5.